The molecule has 2 aliphatic heterocycles. The number of hydrogen-bond donors (Lipinski definition) is 0. The zero-order chi connectivity index (χ0) is 21.2. The summed E-state index contributed by atoms with van der Waals surface area (Å²) in [7, 11) is 0. The van der Waals surface area contributed by atoms with Crippen LogP contribution >= 0.6 is 11.3 Å². The van der Waals surface area contributed by atoms with Crippen molar-refractivity contribution >= 4 is 39.2 Å². The second-order valence-electron chi connectivity index (χ2n) is 8.13. The molecule has 9 heteroatoms. The molecule has 2 aliphatic rings. The molecule has 8 nitrogen and oxygen atoms in total. The van der Waals surface area contributed by atoms with Crippen molar-refractivity contribution in [3.63, 3.8) is 0 Å². The molecule has 0 unspecified atom stereocenters. The minimum absolute atomic E-state index is 0.0163. The lowest BCUT2D eigenvalue weighted by molar-refractivity contribution is -0.136. The van der Waals surface area contributed by atoms with Gasteiger partial charge in [0.15, 0.2) is 0 Å². The Morgan fingerprint density at radius 2 is 1.87 bits per heavy atom. The molecule has 0 aromatic carbocycles. The first kappa shape index (κ1) is 20.1. The number of carbonyl (C=O) groups is 1. The molecule has 1 amide bonds. The van der Waals surface area contributed by atoms with E-state index in [2.05, 4.69) is 42.7 Å². The standard InChI is InChI=1S/C22H27N7OS/c1-2-17-13-18-19(25-15-26-20(18)31-17)29-8-3-5-16(14-29)21(30)27-9-11-28(12-10-27)22-23-6-4-7-24-22/h4,6-7,13,15-16H,2-3,5,8-12,14H2,1H3/t16-/m1/s1. The van der Waals surface area contributed by atoms with E-state index < -0.39 is 0 Å². The maximum absolute atomic E-state index is 13.3. The summed E-state index contributed by atoms with van der Waals surface area (Å²) >= 11 is 1.74. The van der Waals surface area contributed by atoms with Crippen LogP contribution in [-0.4, -0.2) is 70.0 Å². The summed E-state index contributed by atoms with van der Waals surface area (Å²) in [4.78, 5) is 39.8. The molecule has 0 saturated carbocycles. The summed E-state index contributed by atoms with van der Waals surface area (Å²) in [6.07, 6.45) is 8.13. The van der Waals surface area contributed by atoms with Crippen LogP contribution in [0, 0.1) is 5.92 Å². The number of hydrogen-bond acceptors (Lipinski definition) is 8. The van der Waals surface area contributed by atoms with Crippen LogP contribution in [0.5, 0.6) is 0 Å². The van der Waals surface area contributed by atoms with Crippen LogP contribution in [0.4, 0.5) is 11.8 Å². The van der Waals surface area contributed by atoms with Crippen LogP contribution in [0.1, 0.15) is 24.6 Å². The molecule has 3 aromatic heterocycles. The normalized spacial score (nSPS) is 19.8. The monoisotopic (exact) mass is 437 g/mol. The molecule has 3 aromatic rings. The SMILES string of the molecule is CCc1cc2c(N3CCC[C@@H](C(=O)N4CCN(c5ncccn5)CC4)C3)ncnc2s1. The predicted molar refractivity (Wildman–Crippen MR) is 123 cm³/mol. The van der Waals surface area contributed by atoms with Gasteiger partial charge in [-0.25, -0.2) is 19.9 Å². The van der Waals surface area contributed by atoms with Crippen molar-refractivity contribution in [1.29, 1.82) is 0 Å². The number of carbonyl (C=O) groups excluding carboxylic acids is 1. The van der Waals surface area contributed by atoms with Crippen LogP contribution in [0.2, 0.25) is 0 Å². The van der Waals surface area contributed by atoms with E-state index in [-0.39, 0.29) is 11.8 Å². The van der Waals surface area contributed by atoms with Gasteiger partial charge in [0.05, 0.1) is 11.3 Å². The first-order valence-corrected chi connectivity index (χ1v) is 11.8. The Morgan fingerprint density at radius 1 is 1.06 bits per heavy atom. The number of piperidine rings is 1. The Kier molecular flexibility index (Phi) is 5.67. The number of piperazine rings is 1. The molecular formula is C22H27N7OS. The number of thiophene rings is 1. The maximum Gasteiger partial charge on any atom is 0.227 e. The molecule has 0 spiro atoms. The molecule has 2 saturated heterocycles. The maximum atomic E-state index is 13.3. The fourth-order valence-electron chi connectivity index (χ4n) is 4.53. The fraction of sp³-hybridized carbons (Fsp3) is 0.500. The van der Waals surface area contributed by atoms with Gasteiger partial charge in [-0.3, -0.25) is 4.79 Å². The minimum Gasteiger partial charge on any atom is -0.355 e. The third kappa shape index (κ3) is 4.06. The first-order chi connectivity index (χ1) is 15.2. The van der Waals surface area contributed by atoms with Gasteiger partial charge in [0.25, 0.3) is 0 Å². The Morgan fingerprint density at radius 3 is 2.65 bits per heavy atom. The summed E-state index contributed by atoms with van der Waals surface area (Å²) in [5, 5.41) is 1.12. The van der Waals surface area contributed by atoms with Crippen LogP contribution in [0.15, 0.2) is 30.9 Å². The van der Waals surface area contributed by atoms with Crippen molar-refractivity contribution in [2.24, 2.45) is 5.92 Å². The van der Waals surface area contributed by atoms with Crippen molar-refractivity contribution < 1.29 is 4.79 Å². The molecule has 0 N–H and O–H groups in total. The highest BCUT2D eigenvalue weighted by molar-refractivity contribution is 7.18. The molecule has 5 rings (SSSR count). The van der Waals surface area contributed by atoms with Gasteiger partial charge in [-0.15, -0.1) is 11.3 Å². The topological polar surface area (TPSA) is 78.4 Å². The smallest absolute Gasteiger partial charge is 0.227 e. The molecule has 31 heavy (non-hydrogen) atoms. The van der Waals surface area contributed by atoms with Crippen LogP contribution in [-0.2, 0) is 11.2 Å². The number of aryl methyl sites for hydroxylation is 1. The summed E-state index contributed by atoms with van der Waals surface area (Å²) in [5.41, 5.74) is 0. The zero-order valence-corrected chi connectivity index (χ0v) is 18.6. The number of amides is 1. The van der Waals surface area contributed by atoms with Gasteiger partial charge in [0.1, 0.15) is 17.0 Å². The summed E-state index contributed by atoms with van der Waals surface area (Å²) < 4.78 is 0. The molecular weight excluding hydrogens is 410 g/mol. The number of aromatic nitrogens is 4. The second-order valence-corrected chi connectivity index (χ2v) is 9.24. The highest BCUT2D eigenvalue weighted by atomic mass is 32.1. The third-order valence-corrected chi connectivity index (χ3v) is 7.39. The average molecular weight is 438 g/mol. The van der Waals surface area contributed by atoms with Crippen molar-refractivity contribution in [2.45, 2.75) is 26.2 Å². The summed E-state index contributed by atoms with van der Waals surface area (Å²) in [6.45, 7) is 6.81. The van der Waals surface area contributed by atoms with Gasteiger partial charge in [0.2, 0.25) is 11.9 Å². The molecule has 1 atom stereocenters. The number of fused-ring (bicyclic) bond motifs is 1. The Hall–Kier alpha value is -2.81. The van der Waals surface area contributed by atoms with E-state index in [4.69, 9.17) is 0 Å². The predicted octanol–water partition coefficient (Wildman–Crippen LogP) is 2.61. The van der Waals surface area contributed by atoms with Crippen LogP contribution in [0.25, 0.3) is 10.2 Å². The quantitative estimate of drug-likeness (QED) is 0.621. The minimum atomic E-state index is 0.0163. The van der Waals surface area contributed by atoms with Gasteiger partial charge >= 0.3 is 0 Å². The van der Waals surface area contributed by atoms with Crippen molar-refractivity contribution in [2.75, 3.05) is 49.1 Å². The first-order valence-electron chi connectivity index (χ1n) is 11.0. The van der Waals surface area contributed by atoms with Crippen LogP contribution < -0.4 is 9.80 Å². The van der Waals surface area contributed by atoms with E-state index in [1.807, 2.05) is 11.0 Å². The lowest BCUT2D eigenvalue weighted by Crippen LogP contribution is -2.53. The largest absolute Gasteiger partial charge is 0.355 e. The van der Waals surface area contributed by atoms with Crippen molar-refractivity contribution in [1.82, 2.24) is 24.8 Å². The van der Waals surface area contributed by atoms with Crippen molar-refractivity contribution in [3.8, 4) is 0 Å². The molecule has 5 heterocycles. The highest BCUT2D eigenvalue weighted by Gasteiger charge is 2.32. The lowest BCUT2D eigenvalue weighted by Gasteiger charge is -2.39. The molecule has 0 radical (unpaired) electrons. The van der Waals surface area contributed by atoms with E-state index in [0.717, 1.165) is 80.5 Å². The van der Waals surface area contributed by atoms with E-state index in [1.165, 1.54) is 4.88 Å². The molecule has 0 bridgehead atoms. The van der Waals surface area contributed by atoms with Gasteiger partial charge in [-0.2, -0.15) is 0 Å². The van der Waals surface area contributed by atoms with E-state index in [9.17, 15) is 4.79 Å². The Balaban J connectivity index is 1.26. The van der Waals surface area contributed by atoms with Gasteiger partial charge < -0.3 is 14.7 Å². The highest BCUT2D eigenvalue weighted by Crippen LogP contribution is 2.33. The number of rotatable bonds is 4. The molecule has 0 aliphatic carbocycles. The fourth-order valence-corrected chi connectivity index (χ4v) is 5.46. The molecule has 162 valence electrons. The van der Waals surface area contributed by atoms with Gasteiger partial charge in [-0.05, 0) is 31.4 Å². The van der Waals surface area contributed by atoms with Crippen LogP contribution in [0.3, 0.4) is 0 Å². The van der Waals surface area contributed by atoms with E-state index >= 15 is 0 Å². The van der Waals surface area contributed by atoms with E-state index in [1.54, 1.807) is 30.1 Å². The third-order valence-electron chi connectivity index (χ3n) is 6.20. The Bertz CT molecular complexity index is 1050. The number of nitrogens with zero attached hydrogens (tertiary/aromatic N) is 7. The number of anilines is 2. The van der Waals surface area contributed by atoms with E-state index in [0.29, 0.717) is 0 Å². The van der Waals surface area contributed by atoms with Gasteiger partial charge in [0, 0.05) is 56.5 Å². The van der Waals surface area contributed by atoms with Gasteiger partial charge in [-0.1, -0.05) is 6.92 Å². The summed E-state index contributed by atoms with van der Waals surface area (Å²) in [6, 6.07) is 4.04. The van der Waals surface area contributed by atoms with Crippen molar-refractivity contribution in [3.05, 3.63) is 35.7 Å². The molecule has 2 fully saturated rings. The zero-order valence-electron chi connectivity index (χ0n) is 17.8. The summed E-state index contributed by atoms with van der Waals surface area (Å²) in [5.74, 6) is 2.00. The average Bonchev–Trinajstić information content (AvgIpc) is 3.28. The lowest BCUT2D eigenvalue weighted by atomic mass is 9.96. The second kappa shape index (κ2) is 8.74. The Labute approximate surface area is 185 Å².